The number of hydrogen-bond acceptors (Lipinski definition) is 5. The summed E-state index contributed by atoms with van der Waals surface area (Å²) in [7, 11) is 0. The molecular formula is C12H15N5O2. The molecule has 7 heteroatoms. The largest absolute Gasteiger partial charge is 0.330 e. The minimum Gasteiger partial charge on any atom is -0.330 e. The number of unbranched alkanes of at least 4 members (excludes halogenated alkanes) is 1. The van der Waals surface area contributed by atoms with E-state index in [1.807, 2.05) is 0 Å². The normalized spacial score (nSPS) is 10.6. The SMILES string of the molecule is NCCCCn1cc(-c2cccc([N+](=O)[O-])c2)nn1. The zero-order chi connectivity index (χ0) is 13.7. The summed E-state index contributed by atoms with van der Waals surface area (Å²) in [5, 5.41) is 18.7. The molecule has 0 atom stereocenters. The second-order valence-corrected chi connectivity index (χ2v) is 4.17. The van der Waals surface area contributed by atoms with E-state index < -0.39 is 4.92 Å². The predicted molar refractivity (Wildman–Crippen MR) is 70.4 cm³/mol. The van der Waals surface area contributed by atoms with Gasteiger partial charge in [0.05, 0.1) is 11.1 Å². The van der Waals surface area contributed by atoms with Crippen molar-refractivity contribution in [2.24, 2.45) is 5.73 Å². The van der Waals surface area contributed by atoms with Crippen molar-refractivity contribution in [1.82, 2.24) is 15.0 Å². The Hall–Kier alpha value is -2.28. The highest BCUT2D eigenvalue weighted by molar-refractivity contribution is 5.61. The van der Waals surface area contributed by atoms with Gasteiger partial charge in [0.2, 0.25) is 0 Å². The van der Waals surface area contributed by atoms with Gasteiger partial charge in [-0.05, 0) is 19.4 Å². The lowest BCUT2D eigenvalue weighted by Gasteiger charge is -1.98. The van der Waals surface area contributed by atoms with Gasteiger partial charge in [0.25, 0.3) is 5.69 Å². The maximum Gasteiger partial charge on any atom is 0.270 e. The Bertz CT molecular complexity index is 567. The van der Waals surface area contributed by atoms with Crippen molar-refractivity contribution in [1.29, 1.82) is 0 Å². The molecule has 0 amide bonds. The number of nitrogens with zero attached hydrogens (tertiary/aromatic N) is 4. The van der Waals surface area contributed by atoms with Crippen LogP contribution in [0.1, 0.15) is 12.8 Å². The van der Waals surface area contributed by atoms with Crippen molar-refractivity contribution in [3.8, 4) is 11.3 Å². The molecule has 0 radical (unpaired) electrons. The predicted octanol–water partition coefficient (Wildman–Crippen LogP) is 1.59. The number of nitrogens with two attached hydrogens (primary N) is 1. The minimum atomic E-state index is -0.421. The number of rotatable bonds is 6. The Balaban J connectivity index is 2.13. The van der Waals surface area contributed by atoms with Crippen LogP contribution in [0.25, 0.3) is 11.3 Å². The standard InChI is InChI=1S/C12H15N5O2/c13-6-1-2-7-16-9-12(14-15-16)10-4-3-5-11(8-10)17(18)19/h3-5,8-9H,1-2,6-7,13H2. The number of hydrogen-bond donors (Lipinski definition) is 1. The summed E-state index contributed by atoms with van der Waals surface area (Å²) in [5.41, 5.74) is 6.81. The summed E-state index contributed by atoms with van der Waals surface area (Å²) in [6, 6.07) is 6.37. The summed E-state index contributed by atoms with van der Waals surface area (Å²) in [6.07, 6.45) is 3.66. The molecule has 2 rings (SSSR count). The second kappa shape index (κ2) is 6.05. The van der Waals surface area contributed by atoms with E-state index in [4.69, 9.17) is 5.73 Å². The van der Waals surface area contributed by atoms with E-state index >= 15 is 0 Å². The summed E-state index contributed by atoms with van der Waals surface area (Å²) >= 11 is 0. The Kier molecular flexibility index (Phi) is 4.19. The summed E-state index contributed by atoms with van der Waals surface area (Å²) < 4.78 is 1.73. The fourth-order valence-electron chi connectivity index (χ4n) is 1.74. The Labute approximate surface area is 110 Å². The first-order valence-corrected chi connectivity index (χ1v) is 6.06. The Morgan fingerprint density at radius 1 is 1.37 bits per heavy atom. The maximum atomic E-state index is 10.7. The molecule has 2 aromatic rings. The summed E-state index contributed by atoms with van der Waals surface area (Å²) in [6.45, 7) is 1.41. The molecule has 0 aliphatic heterocycles. The third-order valence-electron chi connectivity index (χ3n) is 2.73. The second-order valence-electron chi connectivity index (χ2n) is 4.17. The van der Waals surface area contributed by atoms with Gasteiger partial charge in [0.15, 0.2) is 0 Å². The first-order valence-electron chi connectivity index (χ1n) is 6.06. The molecule has 1 heterocycles. The zero-order valence-corrected chi connectivity index (χ0v) is 10.4. The average molecular weight is 261 g/mol. The first kappa shape index (κ1) is 13.2. The molecule has 1 aromatic heterocycles. The maximum absolute atomic E-state index is 10.7. The molecular weight excluding hydrogens is 246 g/mol. The third-order valence-corrected chi connectivity index (χ3v) is 2.73. The van der Waals surface area contributed by atoms with Gasteiger partial charge in [-0.25, -0.2) is 0 Å². The molecule has 0 aliphatic rings. The summed E-state index contributed by atoms with van der Waals surface area (Å²) in [5.74, 6) is 0. The van der Waals surface area contributed by atoms with Gasteiger partial charge in [-0.1, -0.05) is 17.3 Å². The van der Waals surface area contributed by atoms with Crippen LogP contribution in [0.15, 0.2) is 30.5 Å². The Morgan fingerprint density at radius 2 is 2.21 bits per heavy atom. The molecule has 19 heavy (non-hydrogen) atoms. The van der Waals surface area contributed by atoms with Crippen LogP contribution in [0.3, 0.4) is 0 Å². The van der Waals surface area contributed by atoms with Crippen LogP contribution >= 0.6 is 0 Å². The van der Waals surface area contributed by atoms with Crippen LogP contribution in [0.5, 0.6) is 0 Å². The third kappa shape index (κ3) is 3.35. The topological polar surface area (TPSA) is 99.9 Å². The van der Waals surface area contributed by atoms with Gasteiger partial charge in [-0.3, -0.25) is 14.8 Å². The molecule has 0 unspecified atom stereocenters. The molecule has 100 valence electrons. The number of benzene rings is 1. The van der Waals surface area contributed by atoms with E-state index in [1.165, 1.54) is 12.1 Å². The highest BCUT2D eigenvalue weighted by Crippen LogP contribution is 2.21. The lowest BCUT2D eigenvalue weighted by molar-refractivity contribution is -0.384. The highest BCUT2D eigenvalue weighted by atomic mass is 16.6. The lowest BCUT2D eigenvalue weighted by atomic mass is 10.1. The zero-order valence-electron chi connectivity index (χ0n) is 10.4. The van der Waals surface area contributed by atoms with Crippen LogP contribution in [0.4, 0.5) is 5.69 Å². The number of aromatic nitrogens is 3. The molecule has 1 aromatic carbocycles. The van der Waals surface area contributed by atoms with Crippen LogP contribution in [0, 0.1) is 10.1 Å². The first-order chi connectivity index (χ1) is 9.20. The number of nitro benzene ring substituents is 1. The fourth-order valence-corrected chi connectivity index (χ4v) is 1.74. The monoisotopic (exact) mass is 261 g/mol. The fraction of sp³-hybridized carbons (Fsp3) is 0.333. The molecule has 0 saturated carbocycles. The average Bonchev–Trinajstić information content (AvgIpc) is 2.88. The van der Waals surface area contributed by atoms with Gasteiger partial charge in [-0.15, -0.1) is 5.10 Å². The van der Waals surface area contributed by atoms with Crippen molar-refractivity contribution in [3.05, 3.63) is 40.6 Å². The molecule has 0 bridgehead atoms. The van der Waals surface area contributed by atoms with Crippen molar-refractivity contribution < 1.29 is 4.92 Å². The quantitative estimate of drug-likeness (QED) is 0.483. The van der Waals surface area contributed by atoms with Crippen LogP contribution in [-0.4, -0.2) is 26.5 Å². The van der Waals surface area contributed by atoms with Crippen LogP contribution in [0.2, 0.25) is 0 Å². The molecule has 0 fully saturated rings. The number of non-ortho nitro benzene ring substituents is 1. The van der Waals surface area contributed by atoms with E-state index in [2.05, 4.69) is 10.3 Å². The smallest absolute Gasteiger partial charge is 0.270 e. The van der Waals surface area contributed by atoms with E-state index in [-0.39, 0.29) is 5.69 Å². The van der Waals surface area contributed by atoms with E-state index in [1.54, 1.807) is 23.0 Å². The number of aryl methyl sites for hydroxylation is 1. The van der Waals surface area contributed by atoms with Crippen molar-refractivity contribution >= 4 is 5.69 Å². The molecule has 0 aliphatic carbocycles. The van der Waals surface area contributed by atoms with E-state index in [9.17, 15) is 10.1 Å². The van der Waals surface area contributed by atoms with Crippen LogP contribution in [-0.2, 0) is 6.54 Å². The van der Waals surface area contributed by atoms with E-state index in [0.717, 1.165) is 19.4 Å². The van der Waals surface area contributed by atoms with Crippen molar-refractivity contribution in [3.63, 3.8) is 0 Å². The summed E-state index contributed by atoms with van der Waals surface area (Å²) in [4.78, 5) is 10.3. The number of nitro groups is 1. The van der Waals surface area contributed by atoms with Gasteiger partial charge in [-0.2, -0.15) is 0 Å². The molecule has 0 spiro atoms. The van der Waals surface area contributed by atoms with Crippen LogP contribution < -0.4 is 5.73 Å². The van der Waals surface area contributed by atoms with Crippen molar-refractivity contribution in [2.45, 2.75) is 19.4 Å². The minimum absolute atomic E-state index is 0.0511. The molecule has 7 nitrogen and oxygen atoms in total. The van der Waals surface area contributed by atoms with Gasteiger partial charge < -0.3 is 5.73 Å². The molecule has 0 saturated heterocycles. The highest BCUT2D eigenvalue weighted by Gasteiger charge is 2.09. The van der Waals surface area contributed by atoms with Gasteiger partial charge in [0.1, 0.15) is 5.69 Å². The Morgan fingerprint density at radius 3 is 2.95 bits per heavy atom. The van der Waals surface area contributed by atoms with Crippen molar-refractivity contribution in [2.75, 3.05) is 6.54 Å². The van der Waals surface area contributed by atoms with Gasteiger partial charge >= 0.3 is 0 Å². The molecule has 2 N–H and O–H groups in total. The lowest BCUT2D eigenvalue weighted by Crippen LogP contribution is -2.03. The van der Waals surface area contributed by atoms with Gasteiger partial charge in [0, 0.05) is 24.2 Å². The van der Waals surface area contributed by atoms with E-state index in [0.29, 0.717) is 17.8 Å².